The van der Waals surface area contributed by atoms with Crippen molar-refractivity contribution in [3.8, 4) is 0 Å². The first-order chi connectivity index (χ1) is 14.0. The van der Waals surface area contributed by atoms with Crippen molar-refractivity contribution in [2.75, 3.05) is 30.8 Å². The first-order valence-electron chi connectivity index (χ1n) is 9.99. The number of alkyl halides is 1. The first kappa shape index (κ1) is 21.0. The summed E-state index contributed by atoms with van der Waals surface area (Å²) in [4.78, 5) is 25.0. The van der Waals surface area contributed by atoms with Gasteiger partial charge in [0, 0.05) is 12.5 Å². The Kier molecular flexibility index (Phi) is 6.64. The number of nitrogens with one attached hydrogen (secondary N) is 2. The zero-order chi connectivity index (χ0) is 20.9. The number of piperidine rings is 1. The number of nitrogen functional groups attached to an aromatic ring is 1. The van der Waals surface area contributed by atoms with Gasteiger partial charge in [0.15, 0.2) is 5.78 Å². The molecule has 1 aliphatic heterocycles. The molecule has 0 bridgehead atoms. The van der Waals surface area contributed by atoms with E-state index in [2.05, 4.69) is 10.6 Å². The second-order valence-corrected chi connectivity index (χ2v) is 7.79. The number of carbonyl (C=O) groups excluding carboxylic acids is 2. The van der Waals surface area contributed by atoms with Gasteiger partial charge in [-0.15, -0.1) is 0 Å². The van der Waals surface area contributed by atoms with Crippen molar-refractivity contribution in [1.82, 2.24) is 5.32 Å². The summed E-state index contributed by atoms with van der Waals surface area (Å²) in [5, 5.41) is 5.93. The average molecular weight is 397 g/mol. The molecule has 1 saturated heterocycles. The van der Waals surface area contributed by atoms with E-state index in [1.54, 1.807) is 18.2 Å². The first-order valence-corrected chi connectivity index (χ1v) is 9.99. The number of ketones is 1. The molecule has 0 radical (unpaired) electrons. The molecule has 0 aromatic heterocycles. The second kappa shape index (κ2) is 9.18. The van der Waals surface area contributed by atoms with Crippen LogP contribution in [0, 0.1) is 11.3 Å². The van der Waals surface area contributed by atoms with Crippen molar-refractivity contribution in [1.29, 1.82) is 0 Å². The van der Waals surface area contributed by atoms with Gasteiger partial charge in [0.25, 0.3) is 0 Å². The lowest BCUT2D eigenvalue weighted by atomic mass is 9.64. The molecule has 1 amide bonds. The van der Waals surface area contributed by atoms with Crippen LogP contribution in [0.4, 0.5) is 15.8 Å². The number of amides is 1. The minimum atomic E-state index is -1.13. The maximum absolute atomic E-state index is 14.7. The highest BCUT2D eigenvalue weighted by Gasteiger charge is 2.46. The summed E-state index contributed by atoms with van der Waals surface area (Å²) < 4.78 is 14.7. The lowest BCUT2D eigenvalue weighted by Gasteiger charge is -2.40. The Hall–Kier alpha value is -2.73. The van der Waals surface area contributed by atoms with Crippen molar-refractivity contribution in [3.05, 3.63) is 59.7 Å². The Morgan fingerprint density at radius 1 is 1.17 bits per heavy atom. The van der Waals surface area contributed by atoms with E-state index in [0.29, 0.717) is 23.4 Å². The van der Waals surface area contributed by atoms with Crippen LogP contribution < -0.4 is 16.4 Å². The Morgan fingerprint density at radius 3 is 2.45 bits per heavy atom. The summed E-state index contributed by atoms with van der Waals surface area (Å²) in [6.07, 6.45) is 1.85. The fraction of sp³-hybridized carbons (Fsp3) is 0.391. The van der Waals surface area contributed by atoms with Gasteiger partial charge in [-0.1, -0.05) is 30.3 Å². The van der Waals surface area contributed by atoms with E-state index in [1.807, 2.05) is 30.3 Å². The molecule has 29 heavy (non-hydrogen) atoms. The number of Topliss-reactive ketones (excluding diaryl/α,β-unsaturated/α-hetero) is 1. The largest absolute Gasteiger partial charge is 0.397 e. The number of carbonyl (C=O) groups is 2. The van der Waals surface area contributed by atoms with Crippen LogP contribution >= 0.6 is 0 Å². The fourth-order valence-corrected chi connectivity index (χ4v) is 4.26. The molecule has 154 valence electrons. The standard InChI is InChI=1S/C23H28FN3O2/c1-16(28)27-21-8-7-18(13-20(21)25)22(29)23(15-24,19-9-11-26-12-10-19)14-17-5-3-2-4-6-17/h2-8,13,19,26H,9-12,14-15,25H2,1H3,(H,27,28). The highest BCUT2D eigenvalue weighted by molar-refractivity contribution is 6.03. The number of hydrogen-bond acceptors (Lipinski definition) is 4. The molecule has 0 spiro atoms. The number of halogens is 1. The summed E-state index contributed by atoms with van der Waals surface area (Å²) in [6.45, 7) is 2.22. The third kappa shape index (κ3) is 4.65. The highest BCUT2D eigenvalue weighted by atomic mass is 19.1. The van der Waals surface area contributed by atoms with E-state index in [1.165, 1.54) is 6.92 Å². The molecule has 1 heterocycles. The lowest BCUT2D eigenvalue weighted by molar-refractivity contribution is -0.114. The number of anilines is 2. The summed E-state index contributed by atoms with van der Waals surface area (Å²) in [5.74, 6) is -0.526. The van der Waals surface area contributed by atoms with Gasteiger partial charge in [-0.3, -0.25) is 9.59 Å². The summed E-state index contributed by atoms with van der Waals surface area (Å²) in [5.41, 5.74) is 6.99. The molecular formula is C23H28FN3O2. The van der Waals surface area contributed by atoms with Crippen LogP contribution in [0.3, 0.4) is 0 Å². The predicted molar refractivity (Wildman–Crippen MR) is 114 cm³/mol. The fourth-order valence-electron chi connectivity index (χ4n) is 4.26. The third-order valence-corrected chi connectivity index (χ3v) is 5.80. The molecule has 0 aliphatic carbocycles. The maximum atomic E-state index is 14.7. The zero-order valence-electron chi connectivity index (χ0n) is 16.7. The van der Waals surface area contributed by atoms with Gasteiger partial charge in [0.05, 0.1) is 16.8 Å². The third-order valence-electron chi connectivity index (χ3n) is 5.80. The molecule has 4 N–H and O–H groups in total. The predicted octanol–water partition coefficient (Wildman–Crippen LogP) is 3.61. The molecule has 1 atom stereocenters. The quantitative estimate of drug-likeness (QED) is 0.492. The number of nitrogens with two attached hydrogens (primary N) is 1. The van der Waals surface area contributed by atoms with Gasteiger partial charge in [0.2, 0.25) is 5.91 Å². The Morgan fingerprint density at radius 2 is 1.86 bits per heavy atom. The van der Waals surface area contributed by atoms with Crippen LogP contribution in [0.5, 0.6) is 0 Å². The minimum absolute atomic E-state index is 0.0577. The smallest absolute Gasteiger partial charge is 0.221 e. The number of benzene rings is 2. The average Bonchev–Trinajstić information content (AvgIpc) is 2.74. The van der Waals surface area contributed by atoms with Gasteiger partial charge in [-0.2, -0.15) is 0 Å². The summed E-state index contributed by atoms with van der Waals surface area (Å²) >= 11 is 0. The molecule has 5 nitrogen and oxygen atoms in total. The van der Waals surface area contributed by atoms with Crippen LogP contribution in [0.2, 0.25) is 0 Å². The van der Waals surface area contributed by atoms with Crippen molar-refractivity contribution in [2.45, 2.75) is 26.2 Å². The van der Waals surface area contributed by atoms with Crippen LogP contribution in [0.25, 0.3) is 0 Å². The normalized spacial score (nSPS) is 16.8. The van der Waals surface area contributed by atoms with Crippen LogP contribution in [0.15, 0.2) is 48.5 Å². The summed E-state index contributed by atoms with van der Waals surface area (Å²) in [6, 6.07) is 14.4. The maximum Gasteiger partial charge on any atom is 0.221 e. The second-order valence-electron chi connectivity index (χ2n) is 7.79. The summed E-state index contributed by atoms with van der Waals surface area (Å²) in [7, 11) is 0. The number of hydrogen-bond donors (Lipinski definition) is 3. The van der Waals surface area contributed by atoms with E-state index in [9.17, 15) is 14.0 Å². The molecule has 2 aromatic carbocycles. The van der Waals surface area contributed by atoms with Crippen LogP contribution in [0.1, 0.15) is 35.7 Å². The zero-order valence-corrected chi connectivity index (χ0v) is 16.7. The van der Waals surface area contributed by atoms with Crippen LogP contribution in [-0.4, -0.2) is 31.5 Å². The molecule has 1 aliphatic rings. The molecule has 1 fully saturated rings. The molecule has 3 rings (SSSR count). The van der Waals surface area contributed by atoms with E-state index < -0.39 is 12.1 Å². The number of rotatable bonds is 7. The van der Waals surface area contributed by atoms with Gasteiger partial charge in [-0.25, -0.2) is 4.39 Å². The van der Waals surface area contributed by atoms with Crippen LogP contribution in [-0.2, 0) is 11.2 Å². The van der Waals surface area contributed by atoms with E-state index in [0.717, 1.165) is 31.5 Å². The molecule has 6 heteroatoms. The van der Waals surface area contributed by atoms with Gasteiger partial charge < -0.3 is 16.4 Å². The Labute approximate surface area is 170 Å². The van der Waals surface area contributed by atoms with Gasteiger partial charge >= 0.3 is 0 Å². The molecule has 0 saturated carbocycles. The highest BCUT2D eigenvalue weighted by Crippen LogP contribution is 2.41. The topological polar surface area (TPSA) is 84.2 Å². The molecule has 1 unspecified atom stereocenters. The SMILES string of the molecule is CC(=O)Nc1ccc(C(=O)C(CF)(Cc2ccccc2)C2CCNCC2)cc1N. The van der Waals surface area contributed by atoms with E-state index >= 15 is 0 Å². The van der Waals surface area contributed by atoms with Gasteiger partial charge in [-0.05, 0) is 62.0 Å². The van der Waals surface area contributed by atoms with Crippen molar-refractivity contribution in [3.63, 3.8) is 0 Å². The lowest BCUT2D eigenvalue weighted by Crippen LogP contribution is -2.47. The van der Waals surface area contributed by atoms with E-state index in [4.69, 9.17) is 5.73 Å². The minimum Gasteiger partial charge on any atom is -0.397 e. The van der Waals surface area contributed by atoms with Crippen molar-refractivity contribution in [2.24, 2.45) is 11.3 Å². The van der Waals surface area contributed by atoms with Crippen molar-refractivity contribution < 1.29 is 14.0 Å². The monoisotopic (exact) mass is 397 g/mol. The Balaban J connectivity index is 1.99. The molecular weight excluding hydrogens is 369 g/mol. The Bertz CT molecular complexity index is 866. The van der Waals surface area contributed by atoms with Gasteiger partial charge in [0.1, 0.15) is 6.67 Å². The molecule has 2 aromatic rings. The van der Waals surface area contributed by atoms with E-state index in [-0.39, 0.29) is 17.6 Å². The van der Waals surface area contributed by atoms with Crippen molar-refractivity contribution >= 4 is 23.1 Å².